The molecule has 0 fully saturated rings. The standard InChI is InChI=1S/C49H32N2O/c1-4-13-33(14-5-1)34-23-26-39(27-24-34)51(38-19-8-3-9-20-38)40-28-29-43-44(42-22-12-18-35-15-10-11-21-41(35)42)31-37-25-30-46-48(47(37)45(43)32-40)52-49(50-46)36-16-6-2-7-17-36/h1-32H. The van der Waals surface area contributed by atoms with E-state index in [1.807, 2.05) is 30.3 Å². The number of hydrogen-bond donors (Lipinski definition) is 0. The molecular weight excluding hydrogens is 633 g/mol. The van der Waals surface area contributed by atoms with Crippen LogP contribution >= 0.6 is 0 Å². The normalized spacial score (nSPS) is 11.5. The van der Waals surface area contributed by atoms with E-state index in [0.717, 1.165) is 55.3 Å². The van der Waals surface area contributed by atoms with Crippen molar-refractivity contribution in [2.45, 2.75) is 0 Å². The Labute approximate surface area is 301 Å². The number of rotatable bonds is 6. The molecule has 0 saturated heterocycles. The summed E-state index contributed by atoms with van der Waals surface area (Å²) in [5.41, 5.74) is 10.6. The zero-order chi connectivity index (χ0) is 34.4. The second kappa shape index (κ2) is 12.4. The molecule has 244 valence electrons. The van der Waals surface area contributed by atoms with Gasteiger partial charge in [-0.2, -0.15) is 0 Å². The van der Waals surface area contributed by atoms with E-state index >= 15 is 0 Å². The van der Waals surface area contributed by atoms with E-state index in [-0.39, 0.29) is 0 Å². The third kappa shape index (κ3) is 5.10. The highest BCUT2D eigenvalue weighted by Crippen LogP contribution is 2.44. The van der Waals surface area contributed by atoms with Gasteiger partial charge in [-0.25, -0.2) is 4.98 Å². The molecule has 0 atom stereocenters. The zero-order valence-electron chi connectivity index (χ0n) is 28.3. The largest absolute Gasteiger partial charge is 0.435 e. The minimum Gasteiger partial charge on any atom is -0.435 e. The lowest BCUT2D eigenvalue weighted by Crippen LogP contribution is -2.09. The molecule has 3 nitrogen and oxygen atoms in total. The van der Waals surface area contributed by atoms with E-state index in [0.29, 0.717) is 5.89 Å². The molecule has 1 aromatic heterocycles. The van der Waals surface area contributed by atoms with Crippen LogP contribution in [-0.2, 0) is 0 Å². The molecule has 0 unspecified atom stereocenters. The van der Waals surface area contributed by atoms with Gasteiger partial charge in [0.15, 0.2) is 5.58 Å². The van der Waals surface area contributed by atoms with Crippen LogP contribution in [0.2, 0.25) is 0 Å². The smallest absolute Gasteiger partial charge is 0.227 e. The fraction of sp³-hybridized carbons (Fsp3) is 0. The van der Waals surface area contributed by atoms with Crippen LogP contribution < -0.4 is 4.90 Å². The molecular formula is C49H32N2O. The fourth-order valence-electron chi connectivity index (χ4n) is 7.60. The lowest BCUT2D eigenvalue weighted by molar-refractivity contribution is 0.623. The third-order valence-corrected chi connectivity index (χ3v) is 10.1. The quantitative estimate of drug-likeness (QED) is 0.166. The van der Waals surface area contributed by atoms with E-state index in [1.54, 1.807) is 0 Å². The maximum absolute atomic E-state index is 6.69. The van der Waals surface area contributed by atoms with Crippen molar-refractivity contribution >= 4 is 60.5 Å². The maximum atomic E-state index is 6.69. The van der Waals surface area contributed by atoms with Gasteiger partial charge in [0, 0.05) is 28.0 Å². The van der Waals surface area contributed by atoms with Crippen LogP contribution in [0.5, 0.6) is 0 Å². The summed E-state index contributed by atoms with van der Waals surface area (Å²) in [6.07, 6.45) is 0. The molecule has 1 heterocycles. The number of aromatic nitrogens is 1. The Morgan fingerprint density at radius 2 is 1.02 bits per heavy atom. The van der Waals surface area contributed by atoms with Crippen molar-refractivity contribution in [3.05, 3.63) is 194 Å². The SMILES string of the molecule is c1ccc(-c2ccc(N(c3ccccc3)c3ccc4c(-c5cccc6ccccc56)cc5ccc6nc(-c7ccccc7)oc6c5c4c3)cc2)cc1. The highest BCUT2D eigenvalue weighted by atomic mass is 16.3. The van der Waals surface area contributed by atoms with Gasteiger partial charge in [0.25, 0.3) is 0 Å². The number of para-hydroxylation sites is 1. The molecule has 0 amide bonds. The van der Waals surface area contributed by atoms with Crippen molar-refractivity contribution in [3.63, 3.8) is 0 Å². The molecule has 3 heteroatoms. The first-order valence-corrected chi connectivity index (χ1v) is 17.6. The van der Waals surface area contributed by atoms with Crippen molar-refractivity contribution in [2.75, 3.05) is 4.90 Å². The average molecular weight is 665 g/mol. The first-order chi connectivity index (χ1) is 25.8. The van der Waals surface area contributed by atoms with Gasteiger partial charge >= 0.3 is 0 Å². The van der Waals surface area contributed by atoms with Gasteiger partial charge in [0.2, 0.25) is 5.89 Å². The summed E-state index contributed by atoms with van der Waals surface area (Å²) < 4.78 is 6.69. The molecule has 0 bridgehead atoms. The van der Waals surface area contributed by atoms with Crippen LogP contribution in [0.4, 0.5) is 17.1 Å². The highest BCUT2D eigenvalue weighted by molar-refractivity contribution is 6.23. The minimum absolute atomic E-state index is 0.620. The number of hydrogen-bond acceptors (Lipinski definition) is 3. The first kappa shape index (κ1) is 29.9. The van der Waals surface area contributed by atoms with E-state index in [2.05, 4.69) is 169 Å². The Balaban J connectivity index is 1.24. The molecule has 0 aliphatic carbocycles. The van der Waals surface area contributed by atoms with Gasteiger partial charge in [-0.3, -0.25) is 0 Å². The van der Waals surface area contributed by atoms with Crippen molar-refractivity contribution in [1.29, 1.82) is 0 Å². The molecule has 10 rings (SSSR count). The number of nitrogens with zero attached hydrogens (tertiary/aromatic N) is 2. The molecule has 52 heavy (non-hydrogen) atoms. The monoisotopic (exact) mass is 664 g/mol. The van der Waals surface area contributed by atoms with Crippen molar-refractivity contribution in [2.24, 2.45) is 0 Å². The average Bonchev–Trinajstić information content (AvgIpc) is 3.67. The number of benzene rings is 9. The Morgan fingerprint density at radius 3 is 1.81 bits per heavy atom. The predicted molar refractivity (Wildman–Crippen MR) is 218 cm³/mol. The summed E-state index contributed by atoms with van der Waals surface area (Å²) in [6, 6.07) is 68.8. The van der Waals surface area contributed by atoms with E-state index < -0.39 is 0 Å². The summed E-state index contributed by atoms with van der Waals surface area (Å²) >= 11 is 0. The first-order valence-electron chi connectivity index (χ1n) is 17.6. The van der Waals surface area contributed by atoms with Gasteiger partial charge in [-0.15, -0.1) is 0 Å². The van der Waals surface area contributed by atoms with Gasteiger partial charge in [0.1, 0.15) is 5.52 Å². The molecule has 0 saturated carbocycles. The Kier molecular flexibility index (Phi) is 7.14. The van der Waals surface area contributed by atoms with Gasteiger partial charge in [-0.05, 0) is 110 Å². The Bertz CT molecular complexity index is 2870. The van der Waals surface area contributed by atoms with Crippen LogP contribution in [0.1, 0.15) is 0 Å². The molecule has 0 aliphatic heterocycles. The van der Waals surface area contributed by atoms with Crippen LogP contribution in [-0.4, -0.2) is 4.98 Å². The molecule has 0 radical (unpaired) electrons. The van der Waals surface area contributed by atoms with Crippen LogP contribution in [0.3, 0.4) is 0 Å². The summed E-state index contributed by atoms with van der Waals surface area (Å²) in [7, 11) is 0. The topological polar surface area (TPSA) is 29.3 Å². The van der Waals surface area contributed by atoms with E-state index in [4.69, 9.17) is 9.40 Å². The zero-order valence-corrected chi connectivity index (χ0v) is 28.3. The second-order valence-electron chi connectivity index (χ2n) is 13.2. The van der Waals surface area contributed by atoms with Crippen molar-refractivity contribution < 1.29 is 4.42 Å². The Hall–Kier alpha value is -6.97. The number of fused-ring (bicyclic) bond motifs is 6. The number of oxazole rings is 1. The molecule has 0 spiro atoms. The Morgan fingerprint density at radius 1 is 0.385 bits per heavy atom. The summed E-state index contributed by atoms with van der Waals surface area (Å²) in [4.78, 5) is 7.30. The van der Waals surface area contributed by atoms with E-state index in [1.165, 1.54) is 33.0 Å². The molecule has 0 aliphatic rings. The lowest BCUT2D eigenvalue weighted by Gasteiger charge is -2.26. The van der Waals surface area contributed by atoms with Gasteiger partial charge in [0.05, 0.1) is 0 Å². The van der Waals surface area contributed by atoms with Crippen molar-refractivity contribution in [1.82, 2.24) is 4.98 Å². The molecule has 0 N–H and O–H groups in total. The lowest BCUT2D eigenvalue weighted by atomic mass is 9.90. The molecule has 10 aromatic rings. The maximum Gasteiger partial charge on any atom is 0.227 e. The second-order valence-corrected chi connectivity index (χ2v) is 13.2. The summed E-state index contributed by atoms with van der Waals surface area (Å²) in [5, 5.41) is 6.88. The van der Waals surface area contributed by atoms with Crippen LogP contribution in [0, 0.1) is 0 Å². The molecule has 9 aromatic carbocycles. The fourth-order valence-corrected chi connectivity index (χ4v) is 7.60. The minimum atomic E-state index is 0.620. The predicted octanol–water partition coefficient (Wildman–Crippen LogP) is 13.8. The highest BCUT2D eigenvalue weighted by Gasteiger charge is 2.20. The summed E-state index contributed by atoms with van der Waals surface area (Å²) in [6.45, 7) is 0. The third-order valence-electron chi connectivity index (χ3n) is 10.1. The van der Waals surface area contributed by atoms with Crippen molar-refractivity contribution in [3.8, 4) is 33.7 Å². The van der Waals surface area contributed by atoms with Crippen LogP contribution in [0.15, 0.2) is 199 Å². The van der Waals surface area contributed by atoms with Gasteiger partial charge in [-0.1, -0.05) is 133 Å². The van der Waals surface area contributed by atoms with Crippen LogP contribution in [0.25, 0.3) is 77.1 Å². The number of anilines is 3. The van der Waals surface area contributed by atoms with Gasteiger partial charge < -0.3 is 9.32 Å². The van der Waals surface area contributed by atoms with E-state index in [9.17, 15) is 0 Å². The summed E-state index contributed by atoms with van der Waals surface area (Å²) in [5.74, 6) is 0.620.